The van der Waals surface area contributed by atoms with Crippen molar-refractivity contribution in [2.45, 2.75) is 6.42 Å². The normalized spacial score (nSPS) is 10.1. The van der Waals surface area contributed by atoms with E-state index in [4.69, 9.17) is 15.2 Å². The highest BCUT2D eigenvalue weighted by Crippen LogP contribution is 2.25. The lowest BCUT2D eigenvalue weighted by Crippen LogP contribution is -2.08. The van der Waals surface area contributed by atoms with Gasteiger partial charge in [-0.15, -0.1) is 0 Å². The van der Waals surface area contributed by atoms with Crippen LogP contribution in [0.15, 0.2) is 36.4 Å². The number of esters is 1. The van der Waals surface area contributed by atoms with Gasteiger partial charge < -0.3 is 19.9 Å². The van der Waals surface area contributed by atoms with Gasteiger partial charge in [-0.25, -0.2) is 4.79 Å². The number of benzene rings is 2. The van der Waals surface area contributed by atoms with Crippen molar-refractivity contribution in [2.24, 2.45) is 0 Å². The molecule has 0 bridgehead atoms. The summed E-state index contributed by atoms with van der Waals surface area (Å²) >= 11 is 0. The zero-order valence-corrected chi connectivity index (χ0v) is 13.8. The Kier molecular flexibility index (Phi) is 5.42. The van der Waals surface area contributed by atoms with E-state index in [2.05, 4.69) is 4.74 Å². The fraction of sp³-hybridized carbons (Fsp3) is 0.222. The van der Waals surface area contributed by atoms with E-state index in [-0.39, 0.29) is 12.2 Å². The van der Waals surface area contributed by atoms with E-state index >= 15 is 0 Å². The molecule has 6 nitrogen and oxygen atoms in total. The molecule has 0 saturated carbocycles. The summed E-state index contributed by atoms with van der Waals surface area (Å²) in [5.74, 6) is 0.328. The maximum atomic E-state index is 12.5. The Hall–Kier alpha value is -3.02. The monoisotopic (exact) mass is 329 g/mol. The number of rotatable bonds is 6. The lowest BCUT2D eigenvalue weighted by atomic mass is 10.0. The van der Waals surface area contributed by atoms with Crippen molar-refractivity contribution in [3.63, 3.8) is 0 Å². The average Bonchev–Trinajstić information content (AvgIpc) is 2.61. The molecule has 0 aliphatic carbocycles. The van der Waals surface area contributed by atoms with Gasteiger partial charge in [-0.05, 0) is 30.3 Å². The molecule has 0 aliphatic rings. The molecule has 0 unspecified atom stereocenters. The molecule has 0 spiro atoms. The van der Waals surface area contributed by atoms with Crippen molar-refractivity contribution in [3.8, 4) is 11.5 Å². The van der Waals surface area contributed by atoms with Gasteiger partial charge in [-0.3, -0.25) is 4.79 Å². The summed E-state index contributed by atoms with van der Waals surface area (Å²) in [6, 6.07) is 9.71. The van der Waals surface area contributed by atoms with Gasteiger partial charge in [-0.2, -0.15) is 0 Å². The van der Waals surface area contributed by atoms with Crippen LogP contribution in [0.3, 0.4) is 0 Å². The second kappa shape index (κ2) is 7.50. The molecule has 0 amide bonds. The number of Topliss-reactive ketones (excluding diaryl/α,β-unsaturated/α-hetero) is 1. The van der Waals surface area contributed by atoms with Crippen LogP contribution in [0.1, 0.15) is 26.3 Å². The number of anilines is 1. The molecule has 126 valence electrons. The fourth-order valence-electron chi connectivity index (χ4n) is 2.30. The number of nitrogen functional groups attached to an aromatic ring is 1. The molecule has 0 atom stereocenters. The lowest BCUT2D eigenvalue weighted by molar-refractivity contribution is 0.0600. The summed E-state index contributed by atoms with van der Waals surface area (Å²) in [4.78, 5) is 24.1. The van der Waals surface area contributed by atoms with Gasteiger partial charge in [0.2, 0.25) is 0 Å². The third kappa shape index (κ3) is 3.65. The van der Waals surface area contributed by atoms with Gasteiger partial charge in [0.05, 0.1) is 32.6 Å². The number of ether oxygens (including phenoxy) is 3. The van der Waals surface area contributed by atoms with Crippen molar-refractivity contribution in [2.75, 3.05) is 27.1 Å². The Bertz CT molecular complexity index is 770. The molecule has 2 aromatic rings. The van der Waals surface area contributed by atoms with Gasteiger partial charge >= 0.3 is 5.97 Å². The Morgan fingerprint density at radius 3 is 2.17 bits per heavy atom. The van der Waals surface area contributed by atoms with Crippen LogP contribution >= 0.6 is 0 Å². The number of carbonyl (C=O) groups excluding carboxylic acids is 2. The first kappa shape index (κ1) is 17.3. The van der Waals surface area contributed by atoms with E-state index < -0.39 is 5.97 Å². The molecule has 24 heavy (non-hydrogen) atoms. The minimum Gasteiger partial charge on any atom is -0.496 e. The smallest absolute Gasteiger partial charge is 0.337 e. The second-order valence-corrected chi connectivity index (χ2v) is 5.07. The zero-order valence-electron chi connectivity index (χ0n) is 13.8. The van der Waals surface area contributed by atoms with Crippen molar-refractivity contribution >= 4 is 17.4 Å². The van der Waals surface area contributed by atoms with Crippen LogP contribution in [0, 0.1) is 0 Å². The Morgan fingerprint density at radius 2 is 1.54 bits per heavy atom. The molecule has 6 heteroatoms. The molecule has 0 radical (unpaired) electrons. The van der Waals surface area contributed by atoms with E-state index in [1.807, 2.05) is 0 Å². The molecule has 0 fully saturated rings. The average molecular weight is 329 g/mol. The highest BCUT2D eigenvalue weighted by atomic mass is 16.5. The van der Waals surface area contributed by atoms with Crippen LogP contribution in [0.5, 0.6) is 11.5 Å². The third-order valence-corrected chi connectivity index (χ3v) is 3.61. The SMILES string of the molecule is COC(=O)c1ccc(CC(=O)c2ccc(N)c(OC)c2)c(OC)c1. The van der Waals surface area contributed by atoms with Crippen LogP contribution < -0.4 is 15.2 Å². The van der Waals surface area contributed by atoms with Crippen LogP contribution in [0.2, 0.25) is 0 Å². The highest BCUT2D eigenvalue weighted by molar-refractivity contribution is 5.99. The summed E-state index contributed by atoms with van der Waals surface area (Å²) in [5.41, 5.74) is 7.74. The summed E-state index contributed by atoms with van der Waals surface area (Å²) in [5, 5.41) is 0. The van der Waals surface area contributed by atoms with E-state index in [1.165, 1.54) is 21.3 Å². The Balaban J connectivity index is 2.27. The molecule has 0 saturated heterocycles. The standard InChI is InChI=1S/C18H19NO5/c1-22-16-10-13(18(21)24-3)5-4-12(16)8-15(20)11-6-7-14(19)17(9-11)23-2/h4-7,9-10H,8,19H2,1-3H3. The zero-order chi connectivity index (χ0) is 17.7. The number of hydrogen-bond donors (Lipinski definition) is 1. The first-order valence-corrected chi connectivity index (χ1v) is 7.22. The molecule has 2 aromatic carbocycles. The lowest BCUT2D eigenvalue weighted by Gasteiger charge is -2.11. The number of carbonyl (C=O) groups is 2. The molecule has 0 aliphatic heterocycles. The van der Waals surface area contributed by atoms with E-state index in [0.717, 1.165) is 0 Å². The topological polar surface area (TPSA) is 87.9 Å². The molecular weight excluding hydrogens is 310 g/mol. The minimum atomic E-state index is -0.463. The van der Waals surface area contributed by atoms with Gasteiger partial charge in [-0.1, -0.05) is 6.07 Å². The van der Waals surface area contributed by atoms with Gasteiger partial charge in [0, 0.05) is 17.5 Å². The predicted octanol–water partition coefficient (Wildman–Crippen LogP) is 2.50. The second-order valence-electron chi connectivity index (χ2n) is 5.07. The third-order valence-electron chi connectivity index (χ3n) is 3.61. The largest absolute Gasteiger partial charge is 0.496 e. The van der Waals surface area contributed by atoms with Gasteiger partial charge in [0.15, 0.2) is 5.78 Å². The Labute approximate surface area is 140 Å². The maximum Gasteiger partial charge on any atom is 0.337 e. The number of methoxy groups -OCH3 is 3. The summed E-state index contributed by atoms with van der Waals surface area (Å²) < 4.78 is 15.1. The summed E-state index contributed by atoms with van der Waals surface area (Å²) in [6.45, 7) is 0. The van der Waals surface area contributed by atoms with Crippen LogP contribution in [-0.2, 0) is 11.2 Å². The van der Waals surface area contributed by atoms with Crippen molar-refractivity contribution in [1.82, 2.24) is 0 Å². The van der Waals surface area contributed by atoms with Crippen LogP contribution in [0.4, 0.5) is 5.69 Å². The van der Waals surface area contributed by atoms with Gasteiger partial charge in [0.25, 0.3) is 0 Å². The molecule has 0 heterocycles. The van der Waals surface area contributed by atoms with Crippen molar-refractivity contribution < 1.29 is 23.8 Å². The first-order chi connectivity index (χ1) is 11.5. The van der Waals surface area contributed by atoms with Gasteiger partial charge in [0.1, 0.15) is 11.5 Å². The molecular formula is C18H19NO5. The predicted molar refractivity (Wildman–Crippen MR) is 89.8 cm³/mol. The molecule has 2 N–H and O–H groups in total. The fourth-order valence-corrected chi connectivity index (χ4v) is 2.30. The Morgan fingerprint density at radius 1 is 0.917 bits per heavy atom. The number of ketones is 1. The van der Waals surface area contributed by atoms with E-state index in [0.29, 0.717) is 33.9 Å². The van der Waals surface area contributed by atoms with Crippen molar-refractivity contribution in [3.05, 3.63) is 53.1 Å². The van der Waals surface area contributed by atoms with Crippen LogP contribution in [-0.4, -0.2) is 33.1 Å². The number of hydrogen-bond acceptors (Lipinski definition) is 6. The van der Waals surface area contributed by atoms with E-state index in [1.54, 1.807) is 36.4 Å². The van der Waals surface area contributed by atoms with Crippen LogP contribution in [0.25, 0.3) is 0 Å². The minimum absolute atomic E-state index is 0.114. The quantitative estimate of drug-likeness (QED) is 0.498. The molecule has 2 rings (SSSR count). The highest BCUT2D eigenvalue weighted by Gasteiger charge is 2.15. The summed E-state index contributed by atoms with van der Waals surface area (Å²) in [7, 11) is 4.28. The van der Waals surface area contributed by atoms with E-state index in [9.17, 15) is 9.59 Å². The number of nitrogens with two attached hydrogens (primary N) is 1. The first-order valence-electron chi connectivity index (χ1n) is 7.22. The molecule has 0 aromatic heterocycles. The maximum absolute atomic E-state index is 12.5. The summed E-state index contributed by atoms with van der Waals surface area (Å²) in [6.07, 6.45) is 0.123. The van der Waals surface area contributed by atoms with Crippen molar-refractivity contribution in [1.29, 1.82) is 0 Å².